The highest BCUT2D eigenvalue weighted by Gasteiger charge is 2.27. The standard InChI is InChI=1S/C27H32N4O4/c1-35-25-10-6-5-9-22(25)16-26(33)29-23-17-28-31(18-23)19-27(34)30-13-11-21(12-14-30)24(32)15-20-7-3-2-4-8-20/h2-10,17-18,21,24,32H,11-16,19H2,1H3,(H,29,33). The average molecular weight is 477 g/mol. The normalized spacial score (nSPS) is 15.0. The van der Waals surface area contributed by atoms with Gasteiger partial charge in [0.15, 0.2) is 0 Å². The maximum absolute atomic E-state index is 12.8. The Morgan fingerprint density at radius 2 is 1.83 bits per heavy atom. The van der Waals surface area contributed by atoms with E-state index in [0.29, 0.717) is 30.9 Å². The molecule has 1 aliphatic heterocycles. The van der Waals surface area contributed by atoms with Crippen LogP contribution in [0.2, 0.25) is 0 Å². The van der Waals surface area contributed by atoms with E-state index in [9.17, 15) is 14.7 Å². The van der Waals surface area contributed by atoms with E-state index in [1.165, 1.54) is 4.68 Å². The molecular formula is C27H32N4O4. The molecule has 0 spiro atoms. The molecule has 2 heterocycles. The summed E-state index contributed by atoms with van der Waals surface area (Å²) in [5.41, 5.74) is 2.47. The molecule has 2 N–H and O–H groups in total. The van der Waals surface area contributed by atoms with Gasteiger partial charge in [0.05, 0.1) is 31.5 Å². The Balaban J connectivity index is 1.23. The largest absolute Gasteiger partial charge is 0.496 e. The number of benzene rings is 2. The number of aliphatic hydroxyl groups excluding tert-OH is 1. The third kappa shape index (κ3) is 6.70. The summed E-state index contributed by atoms with van der Waals surface area (Å²) in [6.07, 6.45) is 5.18. The van der Waals surface area contributed by atoms with Crippen molar-refractivity contribution in [1.29, 1.82) is 0 Å². The fraction of sp³-hybridized carbons (Fsp3) is 0.370. The van der Waals surface area contributed by atoms with Crippen LogP contribution in [0.25, 0.3) is 0 Å². The molecule has 0 radical (unpaired) electrons. The SMILES string of the molecule is COc1ccccc1CC(=O)Nc1cnn(CC(=O)N2CCC(C(O)Cc3ccccc3)CC2)c1. The van der Waals surface area contributed by atoms with Gasteiger partial charge in [0.25, 0.3) is 0 Å². The van der Waals surface area contributed by atoms with Crippen molar-refractivity contribution in [3.63, 3.8) is 0 Å². The fourth-order valence-corrected chi connectivity index (χ4v) is 4.54. The van der Waals surface area contributed by atoms with Gasteiger partial charge in [-0.25, -0.2) is 0 Å². The molecule has 3 aromatic rings. The Morgan fingerprint density at radius 1 is 1.11 bits per heavy atom. The Kier molecular flexibility index (Phi) is 8.15. The first kappa shape index (κ1) is 24.5. The lowest BCUT2D eigenvalue weighted by Gasteiger charge is -2.34. The first-order valence-corrected chi connectivity index (χ1v) is 12.0. The third-order valence-electron chi connectivity index (χ3n) is 6.48. The van der Waals surface area contributed by atoms with Crippen molar-refractivity contribution >= 4 is 17.5 Å². The van der Waals surface area contributed by atoms with Crippen LogP contribution in [0.1, 0.15) is 24.0 Å². The fourth-order valence-electron chi connectivity index (χ4n) is 4.54. The van der Waals surface area contributed by atoms with Crippen molar-refractivity contribution in [3.8, 4) is 5.75 Å². The summed E-state index contributed by atoms with van der Waals surface area (Å²) in [5.74, 6) is 0.654. The number of amides is 2. The molecule has 0 aliphatic carbocycles. The second-order valence-corrected chi connectivity index (χ2v) is 8.94. The second-order valence-electron chi connectivity index (χ2n) is 8.94. The number of carbonyl (C=O) groups is 2. The minimum Gasteiger partial charge on any atom is -0.496 e. The number of hydrogen-bond acceptors (Lipinski definition) is 5. The molecule has 8 nitrogen and oxygen atoms in total. The lowest BCUT2D eigenvalue weighted by atomic mass is 9.88. The van der Waals surface area contributed by atoms with E-state index in [1.54, 1.807) is 19.5 Å². The van der Waals surface area contributed by atoms with Gasteiger partial charge < -0.3 is 20.1 Å². The van der Waals surface area contributed by atoms with Gasteiger partial charge in [-0.1, -0.05) is 48.5 Å². The van der Waals surface area contributed by atoms with Gasteiger partial charge in [-0.15, -0.1) is 0 Å². The molecule has 2 amide bonds. The number of piperidine rings is 1. The van der Waals surface area contributed by atoms with E-state index in [-0.39, 0.29) is 30.7 Å². The second kappa shape index (κ2) is 11.7. The molecular weight excluding hydrogens is 444 g/mol. The molecule has 184 valence electrons. The molecule has 8 heteroatoms. The number of nitrogens with one attached hydrogen (secondary N) is 1. The topological polar surface area (TPSA) is 96.7 Å². The number of nitrogens with zero attached hydrogens (tertiary/aromatic N) is 3. The lowest BCUT2D eigenvalue weighted by Crippen LogP contribution is -2.43. The molecule has 1 atom stereocenters. The van der Waals surface area contributed by atoms with Crippen LogP contribution in [0.15, 0.2) is 67.0 Å². The summed E-state index contributed by atoms with van der Waals surface area (Å²) in [4.78, 5) is 27.0. The molecule has 1 fully saturated rings. The van der Waals surface area contributed by atoms with Gasteiger partial charge in [-0.2, -0.15) is 5.10 Å². The molecule has 1 aliphatic rings. The first-order chi connectivity index (χ1) is 17.0. The van der Waals surface area contributed by atoms with Crippen molar-refractivity contribution in [2.24, 2.45) is 5.92 Å². The van der Waals surface area contributed by atoms with Gasteiger partial charge in [0, 0.05) is 24.8 Å². The molecule has 35 heavy (non-hydrogen) atoms. The van der Waals surface area contributed by atoms with Crippen molar-refractivity contribution in [2.75, 3.05) is 25.5 Å². The van der Waals surface area contributed by atoms with Gasteiger partial charge in [-0.3, -0.25) is 14.3 Å². The summed E-state index contributed by atoms with van der Waals surface area (Å²) in [6.45, 7) is 1.36. The Hall–Kier alpha value is -3.65. The average Bonchev–Trinajstić information content (AvgIpc) is 3.31. The summed E-state index contributed by atoms with van der Waals surface area (Å²) in [7, 11) is 1.58. The predicted molar refractivity (Wildman–Crippen MR) is 133 cm³/mol. The van der Waals surface area contributed by atoms with Crippen LogP contribution in [-0.4, -0.2) is 57.9 Å². The van der Waals surface area contributed by atoms with Crippen LogP contribution >= 0.6 is 0 Å². The summed E-state index contributed by atoms with van der Waals surface area (Å²) in [5, 5.41) is 17.7. The maximum atomic E-state index is 12.8. The minimum atomic E-state index is -0.400. The van der Waals surface area contributed by atoms with Crippen LogP contribution in [0.5, 0.6) is 5.75 Å². The van der Waals surface area contributed by atoms with Gasteiger partial charge in [0.2, 0.25) is 11.8 Å². The summed E-state index contributed by atoms with van der Waals surface area (Å²) in [6, 6.07) is 17.4. The van der Waals surface area contributed by atoms with Crippen LogP contribution in [0.4, 0.5) is 5.69 Å². The highest BCUT2D eigenvalue weighted by Crippen LogP contribution is 2.23. The Morgan fingerprint density at radius 3 is 2.57 bits per heavy atom. The number of anilines is 1. The van der Waals surface area contributed by atoms with E-state index in [4.69, 9.17) is 4.74 Å². The van der Waals surface area contributed by atoms with Crippen LogP contribution < -0.4 is 10.1 Å². The predicted octanol–water partition coefficient (Wildman–Crippen LogP) is 2.92. The zero-order chi connectivity index (χ0) is 24.6. The number of aliphatic hydroxyl groups is 1. The zero-order valence-electron chi connectivity index (χ0n) is 20.0. The molecule has 0 saturated carbocycles. The van der Waals surface area contributed by atoms with Crippen molar-refractivity contribution in [3.05, 3.63) is 78.1 Å². The molecule has 1 aromatic heterocycles. The molecule has 1 saturated heterocycles. The number of carbonyl (C=O) groups excluding carboxylic acids is 2. The molecule has 2 aromatic carbocycles. The first-order valence-electron chi connectivity index (χ1n) is 12.0. The van der Waals surface area contributed by atoms with Gasteiger partial charge >= 0.3 is 0 Å². The number of hydrogen-bond donors (Lipinski definition) is 2. The Labute approximate surface area is 205 Å². The van der Waals surface area contributed by atoms with Crippen LogP contribution in [0, 0.1) is 5.92 Å². The highest BCUT2D eigenvalue weighted by atomic mass is 16.5. The van der Waals surface area contributed by atoms with E-state index < -0.39 is 6.10 Å². The smallest absolute Gasteiger partial charge is 0.244 e. The number of likely N-dealkylation sites (tertiary alicyclic amines) is 1. The third-order valence-corrected chi connectivity index (χ3v) is 6.48. The number of methoxy groups -OCH3 is 1. The van der Waals surface area contributed by atoms with E-state index >= 15 is 0 Å². The summed E-state index contributed by atoms with van der Waals surface area (Å²) < 4.78 is 6.83. The quantitative estimate of drug-likeness (QED) is 0.495. The molecule has 0 bridgehead atoms. The van der Waals surface area contributed by atoms with E-state index in [2.05, 4.69) is 10.4 Å². The van der Waals surface area contributed by atoms with Crippen molar-refractivity contribution < 1.29 is 19.4 Å². The number of ether oxygens (including phenoxy) is 1. The molecule has 1 unspecified atom stereocenters. The zero-order valence-corrected chi connectivity index (χ0v) is 20.0. The van der Waals surface area contributed by atoms with Gasteiger partial charge in [0.1, 0.15) is 12.3 Å². The minimum absolute atomic E-state index is 0.0176. The number of aromatic nitrogens is 2. The van der Waals surface area contributed by atoms with Crippen LogP contribution in [-0.2, 0) is 29.0 Å². The number of para-hydroxylation sites is 1. The van der Waals surface area contributed by atoms with Gasteiger partial charge in [-0.05, 0) is 36.8 Å². The van der Waals surface area contributed by atoms with Crippen molar-refractivity contribution in [2.45, 2.75) is 38.3 Å². The maximum Gasteiger partial charge on any atom is 0.244 e. The molecule has 4 rings (SSSR count). The Bertz CT molecular complexity index is 1120. The monoisotopic (exact) mass is 476 g/mol. The number of rotatable bonds is 9. The van der Waals surface area contributed by atoms with Crippen LogP contribution in [0.3, 0.4) is 0 Å². The van der Waals surface area contributed by atoms with E-state index in [0.717, 1.165) is 24.0 Å². The summed E-state index contributed by atoms with van der Waals surface area (Å²) >= 11 is 0. The highest BCUT2D eigenvalue weighted by molar-refractivity contribution is 5.92. The lowest BCUT2D eigenvalue weighted by molar-refractivity contribution is -0.134. The van der Waals surface area contributed by atoms with Crippen molar-refractivity contribution in [1.82, 2.24) is 14.7 Å². The van der Waals surface area contributed by atoms with E-state index in [1.807, 2.05) is 59.5 Å².